The maximum absolute atomic E-state index is 13.3. The van der Waals surface area contributed by atoms with E-state index in [4.69, 9.17) is 0 Å². The van der Waals surface area contributed by atoms with Gasteiger partial charge in [-0.3, -0.25) is 9.78 Å². The van der Waals surface area contributed by atoms with E-state index in [1.165, 1.54) is 10.9 Å². The fourth-order valence-corrected chi connectivity index (χ4v) is 4.67. The number of para-hydroxylation sites is 1. The zero-order chi connectivity index (χ0) is 22.6. The lowest BCUT2D eigenvalue weighted by molar-refractivity contribution is -0.118. The Hall–Kier alpha value is -3.92. The van der Waals surface area contributed by atoms with E-state index in [0.717, 1.165) is 46.2 Å². The monoisotopic (exact) mass is 433 g/mol. The summed E-state index contributed by atoms with van der Waals surface area (Å²) < 4.78 is 0. The number of nitrogens with one attached hydrogen (secondary N) is 1. The number of aromatic amines is 1. The number of anilines is 1. The van der Waals surface area contributed by atoms with Crippen LogP contribution in [0.2, 0.25) is 0 Å². The smallest absolute Gasteiger partial charge is 0.226 e. The van der Waals surface area contributed by atoms with E-state index < -0.39 is 0 Å². The second-order valence-corrected chi connectivity index (χ2v) is 8.23. The summed E-state index contributed by atoms with van der Waals surface area (Å²) in [5.74, 6) is 0.160. The zero-order valence-corrected chi connectivity index (χ0v) is 18.8. The van der Waals surface area contributed by atoms with Crippen molar-refractivity contribution in [3.05, 3.63) is 96.7 Å². The average Bonchev–Trinajstić information content (AvgIpc) is 3.24. The van der Waals surface area contributed by atoms with E-state index in [-0.39, 0.29) is 5.91 Å². The van der Waals surface area contributed by atoms with Crippen molar-refractivity contribution in [1.82, 2.24) is 9.97 Å². The second-order valence-electron chi connectivity index (χ2n) is 8.23. The van der Waals surface area contributed by atoms with Gasteiger partial charge in [0.15, 0.2) is 0 Å². The number of carbonyl (C=O) groups excluding carboxylic acids is 1. The molecule has 0 aliphatic heterocycles. The van der Waals surface area contributed by atoms with E-state index in [9.17, 15) is 4.79 Å². The highest BCUT2D eigenvalue weighted by Crippen LogP contribution is 2.31. The molecule has 0 spiro atoms. The molecule has 33 heavy (non-hydrogen) atoms. The van der Waals surface area contributed by atoms with Gasteiger partial charge >= 0.3 is 0 Å². The number of fused-ring (bicyclic) bond motifs is 2. The van der Waals surface area contributed by atoms with Crippen molar-refractivity contribution in [1.29, 1.82) is 0 Å². The minimum Gasteiger partial charge on any atom is -0.353 e. The number of rotatable bonds is 7. The molecule has 3 aromatic carbocycles. The minimum atomic E-state index is 0.160. The van der Waals surface area contributed by atoms with Gasteiger partial charge in [-0.15, -0.1) is 0 Å². The first-order valence-corrected chi connectivity index (χ1v) is 11.6. The molecule has 4 heteroatoms. The summed E-state index contributed by atoms with van der Waals surface area (Å²) in [7, 11) is 0. The summed E-state index contributed by atoms with van der Waals surface area (Å²) in [6.45, 7) is 2.69. The Morgan fingerprint density at radius 1 is 0.879 bits per heavy atom. The van der Waals surface area contributed by atoms with Gasteiger partial charge in [0.1, 0.15) is 0 Å². The van der Waals surface area contributed by atoms with Crippen molar-refractivity contribution in [3.8, 4) is 11.4 Å². The van der Waals surface area contributed by atoms with Gasteiger partial charge in [0, 0.05) is 35.5 Å². The Morgan fingerprint density at radius 2 is 1.64 bits per heavy atom. The lowest BCUT2D eigenvalue weighted by atomic mass is 10.0. The average molecular weight is 434 g/mol. The number of H-pyrrole nitrogens is 1. The standard InChI is InChI=1S/C29H27N3O/c1-2-32(27-18-9-12-21-11-3-4-13-22(21)27)28(33)19-10-15-24-23-14-5-6-16-25(23)31-29(24)26-17-7-8-20-30-26/h3-9,11-14,16-18,20,31H,2,10,15,19H2,1H3. The molecule has 4 nitrogen and oxygen atoms in total. The van der Waals surface area contributed by atoms with Crippen molar-refractivity contribution in [2.24, 2.45) is 0 Å². The third-order valence-electron chi connectivity index (χ3n) is 6.23. The maximum atomic E-state index is 13.3. The van der Waals surface area contributed by atoms with Gasteiger partial charge in [0.05, 0.1) is 17.1 Å². The molecule has 1 amide bonds. The first kappa shape index (κ1) is 21.0. The molecule has 2 aromatic heterocycles. The zero-order valence-electron chi connectivity index (χ0n) is 18.8. The summed E-state index contributed by atoms with van der Waals surface area (Å²) >= 11 is 0. The van der Waals surface area contributed by atoms with Crippen LogP contribution in [0.15, 0.2) is 91.1 Å². The molecule has 0 radical (unpaired) electrons. The van der Waals surface area contributed by atoms with E-state index in [1.807, 2.05) is 66.6 Å². The Bertz CT molecular complexity index is 1400. The minimum absolute atomic E-state index is 0.160. The number of amides is 1. The Labute approximate surface area is 193 Å². The number of benzene rings is 3. The van der Waals surface area contributed by atoms with Crippen LogP contribution in [0.1, 0.15) is 25.3 Å². The fraction of sp³-hybridized carbons (Fsp3) is 0.172. The number of aryl methyl sites for hydroxylation is 1. The SMILES string of the molecule is CCN(C(=O)CCCc1c(-c2ccccn2)[nH]c2ccccc12)c1cccc2ccccc12. The number of aromatic nitrogens is 2. The predicted octanol–water partition coefficient (Wildman–Crippen LogP) is 6.76. The molecule has 0 fully saturated rings. The van der Waals surface area contributed by atoms with E-state index in [2.05, 4.69) is 46.4 Å². The van der Waals surface area contributed by atoms with Crippen molar-refractivity contribution >= 4 is 33.3 Å². The quantitative estimate of drug-likeness (QED) is 0.308. The number of carbonyl (C=O) groups is 1. The number of pyridine rings is 1. The highest BCUT2D eigenvalue weighted by Gasteiger charge is 2.18. The van der Waals surface area contributed by atoms with E-state index in [1.54, 1.807) is 0 Å². The van der Waals surface area contributed by atoms with Crippen LogP contribution in [-0.2, 0) is 11.2 Å². The van der Waals surface area contributed by atoms with Crippen molar-refractivity contribution < 1.29 is 4.79 Å². The molecule has 0 atom stereocenters. The Morgan fingerprint density at radius 3 is 2.45 bits per heavy atom. The number of hydrogen-bond acceptors (Lipinski definition) is 2. The van der Waals surface area contributed by atoms with Gasteiger partial charge in [-0.1, -0.05) is 60.7 Å². The highest BCUT2D eigenvalue weighted by molar-refractivity contribution is 6.03. The van der Waals surface area contributed by atoms with Gasteiger partial charge in [0.2, 0.25) is 5.91 Å². The van der Waals surface area contributed by atoms with Gasteiger partial charge < -0.3 is 9.88 Å². The molecule has 1 N–H and O–H groups in total. The first-order chi connectivity index (χ1) is 16.3. The Balaban J connectivity index is 1.38. The van der Waals surface area contributed by atoms with Crippen LogP contribution in [0, 0.1) is 0 Å². The van der Waals surface area contributed by atoms with Crippen LogP contribution in [-0.4, -0.2) is 22.4 Å². The third kappa shape index (κ3) is 4.12. The highest BCUT2D eigenvalue weighted by atomic mass is 16.2. The molecule has 0 bridgehead atoms. The van der Waals surface area contributed by atoms with Crippen LogP contribution in [0.4, 0.5) is 5.69 Å². The maximum Gasteiger partial charge on any atom is 0.226 e. The molecule has 0 saturated heterocycles. The van der Waals surface area contributed by atoms with Gasteiger partial charge in [-0.25, -0.2) is 0 Å². The fourth-order valence-electron chi connectivity index (χ4n) is 4.67. The molecule has 0 saturated carbocycles. The molecule has 164 valence electrons. The molecule has 0 unspecified atom stereocenters. The number of hydrogen-bond donors (Lipinski definition) is 1. The lowest BCUT2D eigenvalue weighted by Crippen LogP contribution is -2.30. The third-order valence-corrected chi connectivity index (χ3v) is 6.23. The predicted molar refractivity (Wildman–Crippen MR) is 136 cm³/mol. The lowest BCUT2D eigenvalue weighted by Gasteiger charge is -2.23. The van der Waals surface area contributed by atoms with Crippen molar-refractivity contribution in [2.75, 3.05) is 11.4 Å². The molecule has 5 rings (SSSR count). The largest absolute Gasteiger partial charge is 0.353 e. The summed E-state index contributed by atoms with van der Waals surface area (Å²) in [4.78, 5) is 23.3. The summed E-state index contributed by atoms with van der Waals surface area (Å²) in [6.07, 6.45) is 3.91. The second kappa shape index (κ2) is 9.29. The Kier molecular flexibility index (Phi) is 5.90. The van der Waals surface area contributed by atoms with Crippen LogP contribution >= 0.6 is 0 Å². The van der Waals surface area contributed by atoms with Crippen LogP contribution in [0.3, 0.4) is 0 Å². The molecule has 2 heterocycles. The topological polar surface area (TPSA) is 49.0 Å². The van der Waals surface area contributed by atoms with Crippen molar-refractivity contribution in [3.63, 3.8) is 0 Å². The van der Waals surface area contributed by atoms with Crippen LogP contribution in [0.25, 0.3) is 33.1 Å². The number of nitrogens with zero attached hydrogens (tertiary/aromatic N) is 2. The van der Waals surface area contributed by atoms with Gasteiger partial charge in [-0.05, 0) is 55.0 Å². The first-order valence-electron chi connectivity index (χ1n) is 11.6. The summed E-state index contributed by atoms with van der Waals surface area (Å²) in [6, 6.07) is 28.7. The molecular weight excluding hydrogens is 406 g/mol. The van der Waals surface area contributed by atoms with E-state index in [0.29, 0.717) is 13.0 Å². The molecule has 0 aliphatic rings. The summed E-state index contributed by atoms with van der Waals surface area (Å²) in [5, 5.41) is 3.47. The van der Waals surface area contributed by atoms with Crippen LogP contribution in [0.5, 0.6) is 0 Å². The normalized spacial score (nSPS) is 11.2. The van der Waals surface area contributed by atoms with Gasteiger partial charge in [-0.2, -0.15) is 0 Å². The summed E-state index contributed by atoms with van der Waals surface area (Å²) in [5.41, 5.74) is 5.30. The van der Waals surface area contributed by atoms with Gasteiger partial charge in [0.25, 0.3) is 0 Å². The van der Waals surface area contributed by atoms with Crippen molar-refractivity contribution in [2.45, 2.75) is 26.2 Å². The van der Waals surface area contributed by atoms with E-state index >= 15 is 0 Å². The van der Waals surface area contributed by atoms with Crippen LogP contribution < -0.4 is 4.90 Å². The molecule has 0 aliphatic carbocycles. The molecular formula is C29H27N3O. The molecule has 5 aromatic rings.